The predicted molar refractivity (Wildman–Crippen MR) is 106 cm³/mol. The Balaban J connectivity index is 1.65. The van der Waals surface area contributed by atoms with Gasteiger partial charge in [-0.15, -0.1) is 15.3 Å². The fourth-order valence-corrected chi connectivity index (χ4v) is 3.49. The topological polar surface area (TPSA) is 72.9 Å². The van der Waals surface area contributed by atoms with Gasteiger partial charge in [0.2, 0.25) is 0 Å². The average molecular weight is 402 g/mol. The summed E-state index contributed by atoms with van der Waals surface area (Å²) >= 11 is 12.2. The van der Waals surface area contributed by atoms with E-state index in [1.165, 1.54) is 0 Å². The number of hydrogen-bond acceptors (Lipinski definition) is 5. The van der Waals surface area contributed by atoms with Gasteiger partial charge >= 0.3 is 0 Å². The number of benzene rings is 1. The minimum Gasteiger partial charge on any atom is -0.364 e. The fraction of sp³-hybridized carbons (Fsp3) is 0.222. The van der Waals surface area contributed by atoms with Gasteiger partial charge in [0.15, 0.2) is 11.5 Å². The van der Waals surface area contributed by atoms with Crippen LogP contribution in [0.1, 0.15) is 18.2 Å². The van der Waals surface area contributed by atoms with Crippen LogP contribution in [0.3, 0.4) is 0 Å². The second-order valence-corrected chi connectivity index (χ2v) is 7.02. The van der Waals surface area contributed by atoms with E-state index < -0.39 is 0 Å². The van der Waals surface area contributed by atoms with Crippen LogP contribution in [0.5, 0.6) is 0 Å². The number of rotatable bonds is 5. The Hall–Kier alpha value is -2.64. The highest BCUT2D eigenvalue weighted by Crippen LogP contribution is 2.26. The summed E-state index contributed by atoms with van der Waals surface area (Å²) in [6, 6.07) is 8.99. The molecule has 7 nitrogen and oxygen atoms in total. The van der Waals surface area contributed by atoms with Gasteiger partial charge in [0.25, 0.3) is 0 Å². The van der Waals surface area contributed by atoms with Gasteiger partial charge in [0.05, 0.1) is 5.69 Å². The summed E-state index contributed by atoms with van der Waals surface area (Å²) < 4.78 is 3.50. The summed E-state index contributed by atoms with van der Waals surface area (Å²) in [6.07, 6.45) is 2.90. The Morgan fingerprint density at radius 2 is 1.81 bits per heavy atom. The SMILES string of the molecule is CCc1nn(C)cc1CNc1ccc2nnc(-c3cc(Cl)cc(Cl)c3)n2n1. The van der Waals surface area contributed by atoms with E-state index in [1.807, 2.05) is 30.1 Å². The Bertz CT molecular complexity index is 1100. The predicted octanol–water partition coefficient (Wildman–Crippen LogP) is 4.01. The summed E-state index contributed by atoms with van der Waals surface area (Å²) in [5, 5.41) is 21.9. The lowest BCUT2D eigenvalue weighted by Gasteiger charge is -2.06. The van der Waals surface area contributed by atoms with Crippen LogP contribution in [0.4, 0.5) is 5.82 Å². The molecule has 0 aliphatic rings. The van der Waals surface area contributed by atoms with Gasteiger partial charge in [0, 0.05) is 41.0 Å². The van der Waals surface area contributed by atoms with Crippen LogP contribution in [0, 0.1) is 0 Å². The molecule has 1 N–H and O–H groups in total. The highest BCUT2D eigenvalue weighted by Gasteiger charge is 2.12. The van der Waals surface area contributed by atoms with Gasteiger partial charge in [-0.25, -0.2) is 0 Å². The number of aromatic nitrogens is 6. The molecule has 0 bridgehead atoms. The summed E-state index contributed by atoms with van der Waals surface area (Å²) in [5.41, 5.74) is 3.62. The molecule has 4 aromatic rings. The van der Waals surface area contributed by atoms with Gasteiger partial charge < -0.3 is 5.32 Å². The maximum absolute atomic E-state index is 6.12. The molecule has 9 heteroatoms. The third kappa shape index (κ3) is 3.61. The Labute approximate surface area is 165 Å². The van der Waals surface area contributed by atoms with Crippen LogP contribution in [-0.2, 0) is 20.0 Å². The van der Waals surface area contributed by atoms with E-state index in [0.29, 0.717) is 33.9 Å². The van der Waals surface area contributed by atoms with Crippen LogP contribution in [0.15, 0.2) is 36.5 Å². The molecule has 0 atom stereocenters. The Morgan fingerprint density at radius 1 is 1.04 bits per heavy atom. The maximum Gasteiger partial charge on any atom is 0.185 e. The van der Waals surface area contributed by atoms with Crippen molar-refractivity contribution in [2.75, 3.05) is 5.32 Å². The number of halogens is 2. The quantitative estimate of drug-likeness (QED) is 0.546. The van der Waals surface area contributed by atoms with Crippen molar-refractivity contribution in [2.24, 2.45) is 7.05 Å². The number of hydrogen-bond donors (Lipinski definition) is 1. The van der Waals surface area contributed by atoms with Crippen molar-refractivity contribution in [1.82, 2.24) is 29.6 Å². The van der Waals surface area contributed by atoms with Gasteiger partial charge in [0.1, 0.15) is 5.82 Å². The number of fused-ring (bicyclic) bond motifs is 1. The van der Waals surface area contributed by atoms with Crippen molar-refractivity contribution in [2.45, 2.75) is 19.9 Å². The molecule has 138 valence electrons. The fourth-order valence-electron chi connectivity index (χ4n) is 2.96. The smallest absolute Gasteiger partial charge is 0.185 e. The molecule has 4 rings (SSSR count). The van der Waals surface area contributed by atoms with Gasteiger partial charge in [-0.05, 0) is 36.8 Å². The van der Waals surface area contributed by atoms with E-state index in [-0.39, 0.29) is 0 Å². The van der Waals surface area contributed by atoms with Crippen molar-refractivity contribution >= 4 is 34.7 Å². The molecule has 0 aliphatic heterocycles. The molecule has 0 radical (unpaired) electrons. The summed E-state index contributed by atoms with van der Waals surface area (Å²) in [7, 11) is 1.92. The molecule has 3 aromatic heterocycles. The van der Waals surface area contributed by atoms with Crippen LogP contribution in [0.25, 0.3) is 17.0 Å². The third-order valence-electron chi connectivity index (χ3n) is 4.17. The normalized spacial score (nSPS) is 11.3. The zero-order chi connectivity index (χ0) is 19.0. The number of aryl methyl sites for hydroxylation is 2. The number of nitrogens with one attached hydrogen (secondary N) is 1. The third-order valence-corrected chi connectivity index (χ3v) is 4.61. The van der Waals surface area contributed by atoms with Crippen molar-refractivity contribution in [3.8, 4) is 11.4 Å². The van der Waals surface area contributed by atoms with E-state index in [1.54, 1.807) is 22.7 Å². The summed E-state index contributed by atoms with van der Waals surface area (Å²) in [6.45, 7) is 2.73. The molecule has 0 aliphatic carbocycles. The van der Waals surface area contributed by atoms with Crippen molar-refractivity contribution < 1.29 is 0 Å². The van der Waals surface area contributed by atoms with E-state index >= 15 is 0 Å². The lowest BCUT2D eigenvalue weighted by molar-refractivity contribution is 0.746. The molecular formula is C18H17Cl2N7. The maximum atomic E-state index is 6.12. The largest absolute Gasteiger partial charge is 0.364 e. The number of nitrogens with zero attached hydrogens (tertiary/aromatic N) is 6. The molecule has 0 unspecified atom stereocenters. The second kappa shape index (κ2) is 7.17. The first-order valence-corrected chi connectivity index (χ1v) is 9.23. The van der Waals surface area contributed by atoms with Crippen LogP contribution in [0.2, 0.25) is 10.0 Å². The first-order valence-electron chi connectivity index (χ1n) is 8.47. The van der Waals surface area contributed by atoms with E-state index in [2.05, 4.69) is 32.6 Å². The van der Waals surface area contributed by atoms with Gasteiger partial charge in [-0.2, -0.15) is 9.61 Å². The first kappa shape index (κ1) is 17.8. The van der Waals surface area contributed by atoms with Gasteiger partial charge in [-0.3, -0.25) is 4.68 Å². The van der Waals surface area contributed by atoms with Gasteiger partial charge in [-0.1, -0.05) is 30.1 Å². The minimum absolute atomic E-state index is 0.534. The molecule has 0 amide bonds. The molecule has 1 aromatic carbocycles. The zero-order valence-electron chi connectivity index (χ0n) is 14.8. The Kier molecular flexibility index (Phi) is 4.72. The standard InChI is InChI=1S/C18H17Cl2N7/c1-3-15-12(10-26(2)24-15)9-21-16-4-5-17-22-23-18(27(17)25-16)11-6-13(19)8-14(20)7-11/h4-8,10H,3,9H2,1-2H3,(H,21,25). The lowest BCUT2D eigenvalue weighted by Crippen LogP contribution is -2.05. The molecule has 0 fully saturated rings. The van der Waals surface area contributed by atoms with Crippen molar-refractivity contribution in [3.63, 3.8) is 0 Å². The highest BCUT2D eigenvalue weighted by molar-refractivity contribution is 6.35. The average Bonchev–Trinajstić information content (AvgIpc) is 3.21. The summed E-state index contributed by atoms with van der Waals surface area (Å²) in [4.78, 5) is 0. The monoisotopic (exact) mass is 401 g/mol. The summed E-state index contributed by atoms with van der Waals surface area (Å²) in [5.74, 6) is 1.29. The minimum atomic E-state index is 0.534. The highest BCUT2D eigenvalue weighted by atomic mass is 35.5. The number of anilines is 1. The van der Waals surface area contributed by atoms with Crippen molar-refractivity contribution in [1.29, 1.82) is 0 Å². The lowest BCUT2D eigenvalue weighted by atomic mass is 10.2. The molecule has 0 spiro atoms. The molecule has 0 saturated heterocycles. The van der Waals surface area contributed by atoms with Crippen molar-refractivity contribution in [3.05, 3.63) is 57.8 Å². The molecular weight excluding hydrogens is 385 g/mol. The van der Waals surface area contributed by atoms with Crippen LogP contribution in [-0.4, -0.2) is 29.6 Å². The van der Waals surface area contributed by atoms with E-state index in [0.717, 1.165) is 23.2 Å². The van der Waals surface area contributed by atoms with Crippen LogP contribution >= 0.6 is 23.2 Å². The second-order valence-electron chi connectivity index (χ2n) is 6.15. The molecule has 0 saturated carbocycles. The first-order chi connectivity index (χ1) is 13.0. The van der Waals surface area contributed by atoms with E-state index in [9.17, 15) is 0 Å². The van der Waals surface area contributed by atoms with Crippen LogP contribution < -0.4 is 5.32 Å². The zero-order valence-corrected chi connectivity index (χ0v) is 16.3. The Morgan fingerprint density at radius 3 is 2.56 bits per heavy atom. The molecule has 27 heavy (non-hydrogen) atoms. The van der Waals surface area contributed by atoms with E-state index in [4.69, 9.17) is 23.2 Å². The molecule has 3 heterocycles.